The van der Waals surface area contributed by atoms with Crippen LogP contribution in [0.3, 0.4) is 0 Å². The third-order valence-corrected chi connectivity index (χ3v) is 6.91. The summed E-state index contributed by atoms with van der Waals surface area (Å²) < 4.78 is 35.2. The molecule has 0 radical (unpaired) electrons. The van der Waals surface area contributed by atoms with Crippen LogP contribution in [0, 0.1) is 0 Å². The lowest BCUT2D eigenvalue weighted by Gasteiger charge is -2.31. The van der Waals surface area contributed by atoms with Crippen LogP contribution in [0.2, 0.25) is 0 Å². The summed E-state index contributed by atoms with van der Waals surface area (Å²) in [5.74, 6) is 0.679. The standard InChI is InChI=1S/C12H20N4O3S2/c1-19-8-11-14-12(20-15-11)13-9-4-6-16(7-5-9)21(17,18)10-2-3-10/h9-10H,2-8H2,1H3,(H,13,14,15). The number of methoxy groups -OCH3 is 1. The molecule has 0 spiro atoms. The summed E-state index contributed by atoms with van der Waals surface area (Å²) in [6.45, 7) is 1.61. The summed E-state index contributed by atoms with van der Waals surface area (Å²) in [6, 6.07) is 0.263. The van der Waals surface area contributed by atoms with Gasteiger partial charge in [-0.2, -0.15) is 4.37 Å². The molecule has 118 valence electrons. The molecular formula is C12H20N4O3S2. The first-order chi connectivity index (χ1) is 10.1. The Bertz CT molecular complexity index is 577. The highest BCUT2D eigenvalue weighted by atomic mass is 32.2. The Balaban J connectivity index is 1.51. The van der Waals surface area contributed by atoms with Gasteiger partial charge >= 0.3 is 0 Å². The fourth-order valence-corrected chi connectivity index (χ4v) is 5.03. The maximum Gasteiger partial charge on any atom is 0.216 e. The minimum atomic E-state index is -3.02. The van der Waals surface area contributed by atoms with E-state index in [-0.39, 0.29) is 11.3 Å². The second-order valence-electron chi connectivity index (χ2n) is 5.51. The molecule has 1 aromatic rings. The van der Waals surface area contributed by atoms with Gasteiger partial charge < -0.3 is 10.1 Å². The van der Waals surface area contributed by atoms with Crippen LogP contribution >= 0.6 is 11.5 Å². The van der Waals surface area contributed by atoms with Gasteiger partial charge in [-0.15, -0.1) is 0 Å². The van der Waals surface area contributed by atoms with E-state index in [0.29, 0.717) is 25.5 Å². The second-order valence-corrected chi connectivity index (χ2v) is 8.48. The molecule has 2 aliphatic rings. The number of hydrogen-bond donors (Lipinski definition) is 1. The Morgan fingerprint density at radius 1 is 1.33 bits per heavy atom. The monoisotopic (exact) mass is 332 g/mol. The van der Waals surface area contributed by atoms with E-state index >= 15 is 0 Å². The Morgan fingerprint density at radius 3 is 2.67 bits per heavy atom. The van der Waals surface area contributed by atoms with Gasteiger partial charge in [-0.25, -0.2) is 17.7 Å². The highest BCUT2D eigenvalue weighted by molar-refractivity contribution is 7.90. The molecule has 2 fully saturated rings. The summed E-state index contributed by atoms with van der Waals surface area (Å²) >= 11 is 1.32. The predicted octanol–water partition coefficient (Wildman–Crippen LogP) is 1.05. The molecule has 0 atom stereocenters. The fraction of sp³-hybridized carbons (Fsp3) is 0.833. The number of ether oxygens (including phenoxy) is 1. The molecule has 2 heterocycles. The average molecular weight is 332 g/mol. The SMILES string of the molecule is COCc1nsc(NC2CCN(S(=O)(=O)C3CC3)CC2)n1. The van der Waals surface area contributed by atoms with Crippen LogP contribution in [-0.2, 0) is 21.4 Å². The van der Waals surface area contributed by atoms with Crippen molar-refractivity contribution in [3.63, 3.8) is 0 Å². The maximum atomic E-state index is 12.2. The van der Waals surface area contributed by atoms with E-state index < -0.39 is 10.0 Å². The number of aromatic nitrogens is 2. The molecule has 1 saturated heterocycles. The summed E-state index contributed by atoms with van der Waals surface area (Å²) in [4.78, 5) is 4.34. The zero-order valence-electron chi connectivity index (χ0n) is 12.0. The van der Waals surface area contributed by atoms with Crippen molar-refractivity contribution in [3.05, 3.63) is 5.82 Å². The maximum absolute atomic E-state index is 12.2. The largest absolute Gasteiger partial charge is 0.377 e. The first-order valence-electron chi connectivity index (χ1n) is 7.16. The fourth-order valence-electron chi connectivity index (χ4n) is 2.51. The van der Waals surface area contributed by atoms with Gasteiger partial charge in [0.1, 0.15) is 6.61 Å². The lowest BCUT2D eigenvalue weighted by atomic mass is 10.1. The average Bonchev–Trinajstić information content (AvgIpc) is 3.24. The minimum absolute atomic E-state index is 0.109. The van der Waals surface area contributed by atoms with E-state index in [1.54, 1.807) is 11.4 Å². The Kier molecular flexibility index (Phi) is 4.43. The number of nitrogens with zero attached hydrogens (tertiary/aromatic N) is 3. The molecule has 7 nitrogen and oxygen atoms in total. The number of hydrogen-bond acceptors (Lipinski definition) is 7. The van der Waals surface area contributed by atoms with E-state index in [9.17, 15) is 8.42 Å². The highest BCUT2D eigenvalue weighted by Crippen LogP contribution is 2.32. The molecule has 0 bridgehead atoms. The zero-order chi connectivity index (χ0) is 14.9. The van der Waals surface area contributed by atoms with E-state index in [2.05, 4.69) is 14.7 Å². The van der Waals surface area contributed by atoms with Crippen molar-refractivity contribution in [1.82, 2.24) is 13.7 Å². The lowest BCUT2D eigenvalue weighted by Crippen LogP contribution is -2.43. The third-order valence-electron chi connectivity index (χ3n) is 3.83. The van der Waals surface area contributed by atoms with Crippen LogP contribution in [0.5, 0.6) is 0 Å². The second kappa shape index (κ2) is 6.15. The normalized spacial score (nSPS) is 21.6. The molecule has 1 N–H and O–H groups in total. The molecule has 21 heavy (non-hydrogen) atoms. The van der Waals surface area contributed by atoms with Crippen LogP contribution in [0.25, 0.3) is 0 Å². The van der Waals surface area contributed by atoms with Gasteiger partial charge in [0, 0.05) is 37.8 Å². The van der Waals surface area contributed by atoms with Gasteiger partial charge in [0.25, 0.3) is 0 Å². The van der Waals surface area contributed by atoms with Gasteiger partial charge in [0.15, 0.2) is 5.82 Å². The molecule has 1 saturated carbocycles. The molecule has 9 heteroatoms. The topological polar surface area (TPSA) is 84.4 Å². The van der Waals surface area contributed by atoms with Gasteiger partial charge in [-0.05, 0) is 25.7 Å². The van der Waals surface area contributed by atoms with Crippen molar-refractivity contribution in [2.75, 3.05) is 25.5 Å². The minimum Gasteiger partial charge on any atom is -0.377 e. The van der Waals surface area contributed by atoms with Crippen molar-refractivity contribution in [2.24, 2.45) is 0 Å². The third kappa shape index (κ3) is 3.53. The summed E-state index contributed by atoms with van der Waals surface area (Å²) in [7, 11) is -1.41. The van der Waals surface area contributed by atoms with Gasteiger partial charge in [0.05, 0.1) is 5.25 Å². The highest BCUT2D eigenvalue weighted by Gasteiger charge is 2.41. The van der Waals surface area contributed by atoms with Gasteiger partial charge in [-0.3, -0.25) is 0 Å². The number of nitrogens with one attached hydrogen (secondary N) is 1. The lowest BCUT2D eigenvalue weighted by molar-refractivity contribution is 0.179. The van der Waals surface area contributed by atoms with Crippen molar-refractivity contribution in [1.29, 1.82) is 0 Å². The summed E-state index contributed by atoms with van der Waals surface area (Å²) in [5.41, 5.74) is 0. The predicted molar refractivity (Wildman–Crippen MR) is 80.8 cm³/mol. The molecule has 1 aromatic heterocycles. The summed E-state index contributed by atoms with van der Waals surface area (Å²) in [5, 5.41) is 4.02. The molecule has 0 unspecified atom stereocenters. The van der Waals surface area contributed by atoms with E-state index in [1.807, 2.05) is 0 Å². The first kappa shape index (κ1) is 15.1. The van der Waals surface area contributed by atoms with E-state index in [0.717, 1.165) is 30.8 Å². The Labute approximate surface area is 128 Å². The molecule has 1 aliphatic carbocycles. The van der Waals surface area contributed by atoms with E-state index in [1.165, 1.54) is 11.5 Å². The molecule has 0 aromatic carbocycles. The number of anilines is 1. The van der Waals surface area contributed by atoms with Crippen molar-refractivity contribution in [2.45, 2.75) is 43.6 Å². The van der Waals surface area contributed by atoms with Crippen LogP contribution < -0.4 is 5.32 Å². The van der Waals surface area contributed by atoms with Crippen molar-refractivity contribution in [3.8, 4) is 0 Å². The first-order valence-corrected chi connectivity index (χ1v) is 9.44. The van der Waals surface area contributed by atoms with Gasteiger partial charge in [-0.1, -0.05) is 0 Å². The molecule has 1 aliphatic heterocycles. The number of rotatable bonds is 6. The number of sulfonamides is 1. The van der Waals surface area contributed by atoms with Crippen LogP contribution in [0.4, 0.5) is 5.13 Å². The molecule has 0 amide bonds. The Hall–Kier alpha value is -0.770. The quantitative estimate of drug-likeness (QED) is 0.838. The molecule has 3 rings (SSSR count). The van der Waals surface area contributed by atoms with Crippen LogP contribution in [-0.4, -0.2) is 53.6 Å². The van der Waals surface area contributed by atoms with Crippen LogP contribution in [0.15, 0.2) is 0 Å². The zero-order valence-corrected chi connectivity index (χ0v) is 13.6. The molecular weight excluding hydrogens is 312 g/mol. The Morgan fingerprint density at radius 2 is 2.05 bits per heavy atom. The smallest absolute Gasteiger partial charge is 0.216 e. The van der Waals surface area contributed by atoms with Crippen molar-refractivity contribution >= 4 is 26.7 Å². The summed E-state index contributed by atoms with van der Waals surface area (Å²) in [6.07, 6.45) is 3.28. The van der Waals surface area contributed by atoms with Crippen molar-refractivity contribution < 1.29 is 13.2 Å². The van der Waals surface area contributed by atoms with Gasteiger partial charge in [0.2, 0.25) is 15.2 Å². The number of piperidine rings is 1. The van der Waals surface area contributed by atoms with E-state index in [4.69, 9.17) is 4.74 Å². The van der Waals surface area contributed by atoms with Crippen LogP contribution in [0.1, 0.15) is 31.5 Å².